The normalized spacial score (nSPS) is 15.2. The predicted molar refractivity (Wildman–Crippen MR) is 139 cm³/mol. The van der Waals surface area contributed by atoms with Gasteiger partial charge < -0.3 is 9.47 Å². The number of rotatable bonds is 6. The minimum absolute atomic E-state index is 0.00715. The molecular formula is C26H20Cl2N2O5S. The molecule has 0 aliphatic carbocycles. The number of carbonyl (C=O) groups excluding carboxylic acids is 2. The van der Waals surface area contributed by atoms with E-state index in [1.807, 2.05) is 0 Å². The molecule has 0 fully saturated rings. The maximum Gasteiger partial charge on any atom is 0.338 e. The molecule has 1 aliphatic heterocycles. The van der Waals surface area contributed by atoms with Crippen molar-refractivity contribution in [3.8, 4) is 5.75 Å². The second-order valence-electron chi connectivity index (χ2n) is 7.80. The highest BCUT2D eigenvalue weighted by Gasteiger charge is 2.33. The minimum atomic E-state index is -0.812. The second-order valence-corrected chi connectivity index (χ2v) is 9.65. The van der Waals surface area contributed by atoms with Crippen LogP contribution in [0.1, 0.15) is 31.0 Å². The van der Waals surface area contributed by atoms with Crippen molar-refractivity contribution in [3.63, 3.8) is 0 Å². The fourth-order valence-electron chi connectivity index (χ4n) is 3.75. The summed E-state index contributed by atoms with van der Waals surface area (Å²) in [5, 5.41) is 0.880. The lowest BCUT2D eigenvalue weighted by molar-refractivity contribution is -0.138. The zero-order valence-electron chi connectivity index (χ0n) is 19.3. The summed E-state index contributed by atoms with van der Waals surface area (Å²) in [6, 6.07) is 10.8. The highest BCUT2D eigenvalue weighted by Crippen LogP contribution is 2.31. The first-order chi connectivity index (χ1) is 17.2. The van der Waals surface area contributed by atoms with Crippen LogP contribution in [0.3, 0.4) is 0 Å². The summed E-state index contributed by atoms with van der Waals surface area (Å²) in [7, 11) is 0. The number of hydrogen-bond donors (Lipinski definition) is 0. The van der Waals surface area contributed by atoms with Gasteiger partial charge in [-0.3, -0.25) is 14.2 Å². The van der Waals surface area contributed by atoms with Gasteiger partial charge in [-0.1, -0.05) is 65.4 Å². The van der Waals surface area contributed by atoms with Gasteiger partial charge in [0.15, 0.2) is 4.80 Å². The number of aromatic nitrogens is 1. The molecule has 1 atom stereocenters. The molecule has 36 heavy (non-hydrogen) atoms. The topological polar surface area (TPSA) is 87.0 Å². The molecule has 0 saturated carbocycles. The summed E-state index contributed by atoms with van der Waals surface area (Å²) >= 11 is 13.5. The van der Waals surface area contributed by atoms with Crippen LogP contribution in [0.15, 0.2) is 76.2 Å². The Labute approximate surface area is 220 Å². The monoisotopic (exact) mass is 542 g/mol. The van der Waals surface area contributed by atoms with E-state index in [0.29, 0.717) is 42.0 Å². The van der Waals surface area contributed by atoms with Crippen molar-refractivity contribution in [3.05, 3.63) is 107 Å². The molecular weight excluding hydrogens is 523 g/mol. The van der Waals surface area contributed by atoms with Gasteiger partial charge >= 0.3 is 11.9 Å². The van der Waals surface area contributed by atoms with E-state index in [0.717, 1.165) is 0 Å². The Hall–Kier alpha value is -3.46. The molecule has 184 valence electrons. The van der Waals surface area contributed by atoms with Crippen LogP contribution in [-0.4, -0.2) is 23.1 Å². The van der Waals surface area contributed by atoms with Crippen LogP contribution >= 0.6 is 34.5 Å². The molecule has 0 N–H and O–H groups in total. The van der Waals surface area contributed by atoms with Gasteiger partial charge in [0.1, 0.15) is 12.4 Å². The van der Waals surface area contributed by atoms with Crippen molar-refractivity contribution in [2.24, 2.45) is 4.99 Å². The number of esters is 2. The largest absolute Gasteiger partial charge is 0.458 e. The fourth-order valence-corrected chi connectivity index (χ4v) is 5.25. The molecule has 0 spiro atoms. The van der Waals surface area contributed by atoms with E-state index in [1.54, 1.807) is 55.5 Å². The molecule has 1 aromatic heterocycles. The van der Waals surface area contributed by atoms with Crippen molar-refractivity contribution in [2.45, 2.75) is 19.9 Å². The molecule has 0 amide bonds. The SMILES string of the molecule is C=CCOC(=O)C1=C(C)N=c2s/c(=C\c3ccc(Cl)cc3Cl)c(=O)n2[C@@H]1c1ccc(OC(C)=O)cc1. The van der Waals surface area contributed by atoms with Gasteiger partial charge in [-0.05, 0) is 48.4 Å². The molecule has 0 radical (unpaired) electrons. The molecule has 7 nitrogen and oxygen atoms in total. The summed E-state index contributed by atoms with van der Waals surface area (Å²) in [6.07, 6.45) is 3.13. The quantitative estimate of drug-likeness (QED) is 0.264. The number of allylic oxidation sites excluding steroid dienone is 1. The Balaban J connectivity index is 1.90. The van der Waals surface area contributed by atoms with Gasteiger partial charge in [-0.15, -0.1) is 0 Å². The van der Waals surface area contributed by atoms with E-state index in [4.69, 9.17) is 32.7 Å². The molecule has 10 heteroatoms. The number of carbonyl (C=O) groups is 2. The predicted octanol–water partition coefficient (Wildman–Crippen LogP) is 4.20. The molecule has 0 bridgehead atoms. The molecule has 4 rings (SSSR count). The third-order valence-corrected chi connectivity index (χ3v) is 6.83. The number of thiazole rings is 1. The maximum absolute atomic E-state index is 13.6. The van der Waals surface area contributed by atoms with Crippen LogP contribution in [0, 0.1) is 0 Å². The Morgan fingerprint density at radius 1 is 1.19 bits per heavy atom. The summed E-state index contributed by atoms with van der Waals surface area (Å²) in [5.74, 6) is -0.728. The van der Waals surface area contributed by atoms with Crippen LogP contribution in [0.25, 0.3) is 6.08 Å². The maximum atomic E-state index is 13.6. The minimum Gasteiger partial charge on any atom is -0.458 e. The Morgan fingerprint density at radius 3 is 2.56 bits per heavy atom. The van der Waals surface area contributed by atoms with E-state index in [1.165, 1.54) is 28.9 Å². The lowest BCUT2D eigenvalue weighted by Crippen LogP contribution is -2.39. The Bertz CT molecular complexity index is 1590. The van der Waals surface area contributed by atoms with Crippen LogP contribution in [0.4, 0.5) is 0 Å². The van der Waals surface area contributed by atoms with Gasteiger partial charge in [0.05, 0.1) is 21.8 Å². The lowest BCUT2D eigenvalue weighted by atomic mass is 9.96. The van der Waals surface area contributed by atoms with Gasteiger partial charge in [0, 0.05) is 17.0 Å². The lowest BCUT2D eigenvalue weighted by Gasteiger charge is -2.24. The van der Waals surface area contributed by atoms with Crippen molar-refractivity contribution < 1.29 is 19.1 Å². The van der Waals surface area contributed by atoms with E-state index in [9.17, 15) is 14.4 Å². The highest BCUT2D eigenvalue weighted by molar-refractivity contribution is 7.07. The highest BCUT2D eigenvalue weighted by atomic mass is 35.5. The zero-order chi connectivity index (χ0) is 26.0. The summed E-state index contributed by atoms with van der Waals surface area (Å²) < 4.78 is 12.3. The third-order valence-electron chi connectivity index (χ3n) is 5.28. The van der Waals surface area contributed by atoms with Gasteiger partial charge in [0.25, 0.3) is 5.56 Å². The number of nitrogens with zero attached hydrogens (tertiary/aromatic N) is 2. The molecule has 2 heterocycles. The summed E-state index contributed by atoms with van der Waals surface area (Å²) in [6.45, 7) is 6.58. The molecule has 2 aromatic carbocycles. The first-order valence-electron chi connectivity index (χ1n) is 10.7. The molecule has 3 aromatic rings. The molecule has 0 saturated heterocycles. The van der Waals surface area contributed by atoms with Gasteiger partial charge in [-0.2, -0.15) is 0 Å². The average molecular weight is 543 g/mol. The molecule has 1 aliphatic rings. The zero-order valence-corrected chi connectivity index (χ0v) is 21.6. The smallest absolute Gasteiger partial charge is 0.338 e. The fraction of sp³-hybridized carbons (Fsp3) is 0.154. The van der Waals surface area contributed by atoms with Gasteiger partial charge in [-0.25, -0.2) is 9.79 Å². The Kier molecular flexibility index (Phi) is 7.59. The van der Waals surface area contributed by atoms with Crippen LogP contribution < -0.4 is 19.6 Å². The van der Waals surface area contributed by atoms with E-state index >= 15 is 0 Å². The van der Waals surface area contributed by atoms with Crippen LogP contribution in [0.2, 0.25) is 10.0 Å². The Morgan fingerprint density at radius 2 is 1.92 bits per heavy atom. The number of halogens is 2. The number of hydrogen-bond acceptors (Lipinski definition) is 7. The summed E-state index contributed by atoms with van der Waals surface area (Å²) in [4.78, 5) is 43.0. The van der Waals surface area contributed by atoms with Crippen molar-refractivity contribution in [1.82, 2.24) is 4.57 Å². The van der Waals surface area contributed by atoms with Crippen LogP contribution in [-0.2, 0) is 14.3 Å². The van der Waals surface area contributed by atoms with Crippen molar-refractivity contribution >= 4 is 52.6 Å². The first kappa shape index (κ1) is 25.6. The van der Waals surface area contributed by atoms with E-state index in [2.05, 4.69) is 11.6 Å². The van der Waals surface area contributed by atoms with Gasteiger partial charge in [0.2, 0.25) is 0 Å². The van der Waals surface area contributed by atoms with Crippen LogP contribution in [0.5, 0.6) is 5.75 Å². The standard InChI is InChI=1S/C26H20Cl2N2O5S/c1-4-11-34-25(33)22-14(2)29-26-30(23(22)16-6-9-19(10-7-16)35-15(3)31)24(32)21(36-26)12-17-5-8-18(27)13-20(17)28/h4-10,12-13,23H,1,11H2,2-3H3/b21-12-/t23-/m1/s1. The number of fused-ring (bicyclic) bond motifs is 1. The third kappa shape index (κ3) is 5.21. The first-order valence-corrected chi connectivity index (χ1v) is 12.3. The average Bonchev–Trinajstić information content (AvgIpc) is 3.13. The number of ether oxygens (including phenoxy) is 2. The van der Waals surface area contributed by atoms with E-state index < -0.39 is 18.0 Å². The van der Waals surface area contributed by atoms with Crippen molar-refractivity contribution in [1.29, 1.82) is 0 Å². The second kappa shape index (κ2) is 10.7. The molecule has 0 unspecified atom stereocenters. The number of benzene rings is 2. The van der Waals surface area contributed by atoms with E-state index in [-0.39, 0.29) is 17.7 Å². The summed E-state index contributed by atoms with van der Waals surface area (Å²) in [5.41, 5.74) is 1.54. The van der Waals surface area contributed by atoms with Crippen molar-refractivity contribution in [2.75, 3.05) is 6.61 Å².